The van der Waals surface area contributed by atoms with Gasteiger partial charge in [-0.2, -0.15) is 10.1 Å². The highest BCUT2D eigenvalue weighted by Gasteiger charge is 2.31. The number of ether oxygens (including phenoxy) is 1. The average molecular weight is 433 g/mol. The second-order valence-corrected chi connectivity index (χ2v) is 8.26. The van der Waals surface area contributed by atoms with Gasteiger partial charge in [0.15, 0.2) is 11.5 Å². The zero-order valence-electron chi connectivity index (χ0n) is 18.6. The van der Waals surface area contributed by atoms with Crippen molar-refractivity contribution in [3.63, 3.8) is 0 Å². The Hall–Kier alpha value is -3.42. The van der Waals surface area contributed by atoms with E-state index in [2.05, 4.69) is 46.1 Å². The van der Waals surface area contributed by atoms with Gasteiger partial charge < -0.3 is 14.5 Å². The van der Waals surface area contributed by atoms with E-state index in [1.54, 1.807) is 19.5 Å². The lowest BCUT2D eigenvalue weighted by molar-refractivity contribution is 0.0739. The highest BCUT2D eigenvalue weighted by atomic mass is 16.5. The van der Waals surface area contributed by atoms with Gasteiger partial charge in [-0.25, -0.2) is 4.68 Å². The summed E-state index contributed by atoms with van der Waals surface area (Å²) in [7, 11) is 1.58. The molecule has 8 heteroatoms. The van der Waals surface area contributed by atoms with E-state index in [1.165, 1.54) is 11.3 Å². The van der Waals surface area contributed by atoms with Gasteiger partial charge in [0.1, 0.15) is 0 Å². The molecule has 3 heterocycles. The number of carbonyl (C=O) groups is 1. The van der Waals surface area contributed by atoms with Crippen molar-refractivity contribution in [2.45, 2.75) is 32.6 Å². The number of aromatic nitrogens is 4. The van der Waals surface area contributed by atoms with Gasteiger partial charge in [-0.05, 0) is 43.4 Å². The summed E-state index contributed by atoms with van der Waals surface area (Å²) in [5.41, 5.74) is 5.25. The standard InChI is InChI=1S/C24H28N6O2/c1-3-17-7-9-18(10-8-17)30-20-6-4-5-19(20)23(27-30)24(31)29-13-11-28(12-14-29)21-15-25-16-22(26-21)32-2/h7-10,15-16H,3-6,11-14H2,1-2H3. The van der Waals surface area contributed by atoms with Crippen LogP contribution in [0, 0.1) is 0 Å². The second kappa shape index (κ2) is 8.61. The number of fused-ring (bicyclic) bond motifs is 1. The largest absolute Gasteiger partial charge is 0.480 e. The zero-order chi connectivity index (χ0) is 22.1. The maximum absolute atomic E-state index is 13.4. The Morgan fingerprint density at radius 2 is 1.84 bits per heavy atom. The molecule has 0 spiro atoms. The molecule has 0 N–H and O–H groups in total. The highest BCUT2D eigenvalue weighted by molar-refractivity contribution is 5.94. The molecule has 1 saturated heterocycles. The van der Waals surface area contributed by atoms with Gasteiger partial charge in [-0.3, -0.25) is 9.78 Å². The van der Waals surface area contributed by atoms with E-state index in [0.29, 0.717) is 37.8 Å². The van der Waals surface area contributed by atoms with Crippen molar-refractivity contribution in [2.75, 3.05) is 38.2 Å². The van der Waals surface area contributed by atoms with Crippen LogP contribution in [0.2, 0.25) is 0 Å². The minimum atomic E-state index is 0.0310. The molecule has 32 heavy (non-hydrogen) atoms. The number of amides is 1. The monoisotopic (exact) mass is 432 g/mol. The van der Waals surface area contributed by atoms with E-state index in [-0.39, 0.29) is 5.91 Å². The van der Waals surface area contributed by atoms with Crippen LogP contribution in [0.15, 0.2) is 36.7 Å². The number of aryl methyl sites for hydroxylation is 1. The second-order valence-electron chi connectivity index (χ2n) is 8.26. The molecule has 0 unspecified atom stereocenters. The molecular formula is C24H28N6O2. The topological polar surface area (TPSA) is 76.4 Å². The number of rotatable bonds is 5. The molecule has 0 atom stereocenters. The molecule has 3 aromatic rings. The molecule has 1 amide bonds. The summed E-state index contributed by atoms with van der Waals surface area (Å²) in [5, 5.41) is 4.81. The first-order chi connectivity index (χ1) is 15.7. The molecule has 2 aromatic heterocycles. The predicted molar refractivity (Wildman–Crippen MR) is 122 cm³/mol. The fourth-order valence-electron chi connectivity index (χ4n) is 4.57. The molecule has 1 aliphatic carbocycles. The van der Waals surface area contributed by atoms with E-state index >= 15 is 0 Å². The Labute approximate surface area is 187 Å². The predicted octanol–water partition coefficient (Wildman–Crippen LogP) is 2.68. The van der Waals surface area contributed by atoms with Crippen molar-refractivity contribution in [1.82, 2.24) is 24.6 Å². The lowest BCUT2D eigenvalue weighted by Crippen LogP contribution is -2.49. The van der Waals surface area contributed by atoms with Crippen LogP contribution in [0.1, 0.15) is 40.7 Å². The molecule has 2 aliphatic rings. The Morgan fingerprint density at radius 1 is 1.06 bits per heavy atom. The highest BCUT2D eigenvalue weighted by Crippen LogP contribution is 2.29. The molecule has 8 nitrogen and oxygen atoms in total. The Bertz CT molecular complexity index is 1120. The van der Waals surface area contributed by atoms with Crippen LogP contribution in [-0.4, -0.2) is 63.8 Å². The van der Waals surface area contributed by atoms with Gasteiger partial charge in [0.05, 0.1) is 25.2 Å². The molecule has 0 bridgehead atoms. The van der Waals surface area contributed by atoms with Crippen LogP contribution in [0.3, 0.4) is 0 Å². The van der Waals surface area contributed by atoms with Gasteiger partial charge in [0.2, 0.25) is 5.88 Å². The summed E-state index contributed by atoms with van der Waals surface area (Å²) in [6, 6.07) is 8.49. The van der Waals surface area contributed by atoms with Gasteiger partial charge in [0, 0.05) is 37.4 Å². The van der Waals surface area contributed by atoms with Gasteiger partial charge in [0.25, 0.3) is 5.91 Å². The van der Waals surface area contributed by atoms with Crippen molar-refractivity contribution in [3.8, 4) is 11.6 Å². The summed E-state index contributed by atoms with van der Waals surface area (Å²) in [4.78, 5) is 26.1. The Balaban J connectivity index is 1.34. The lowest BCUT2D eigenvalue weighted by atomic mass is 10.1. The van der Waals surface area contributed by atoms with E-state index in [4.69, 9.17) is 9.84 Å². The van der Waals surface area contributed by atoms with Crippen LogP contribution < -0.4 is 9.64 Å². The SMILES string of the molecule is CCc1ccc(-n2nc(C(=O)N3CCN(c4cncc(OC)n4)CC3)c3c2CCC3)cc1. The minimum Gasteiger partial charge on any atom is -0.480 e. The smallest absolute Gasteiger partial charge is 0.274 e. The molecule has 1 aliphatic heterocycles. The zero-order valence-corrected chi connectivity index (χ0v) is 18.6. The third kappa shape index (κ3) is 3.70. The summed E-state index contributed by atoms with van der Waals surface area (Å²) >= 11 is 0. The third-order valence-corrected chi connectivity index (χ3v) is 6.42. The molecule has 1 fully saturated rings. The van der Waals surface area contributed by atoms with Crippen molar-refractivity contribution in [3.05, 3.63) is 59.2 Å². The average Bonchev–Trinajstić information content (AvgIpc) is 3.47. The quantitative estimate of drug-likeness (QED) is 0.617. The first-order valence-electron chi connectivity index (χ1n) is 11.3. The molecule has 5 rings (SSSR count). The maximum atomic E-state index is 13.4. The van der Waals surface area contributed by atoms with E-state index in [1.807, 2.05) is 9.58 Å². The molecule has 0 radical (unpaired) electrons. The van der Waals surface area contributed by atoms with Crippen LogP contribution in [0.25, 0.3) is 5.69 Å². The van der Waals surface area contributed by atoms with Gasteiger partial charge in [-0.15, -0.1) is 0 Å². The molecule has 1 aromatic carbocycles. The van der Waals surface area contributed by atoms with Gasteiger partial charge in [-0.1, -0.05) is 19.1 Å². The number of methoxy groups -OCH3 is 1. The van der Waals surface area contributed by atoms with Crippen molar-refractivity contribution in [2.24, 2.45) is 0 Å². The number of carbonyl (C=O) groups excluding carboxylic acids is 1. The number of piperazine rings is 1. The molecular weight excluding hydrogens is 404 g/mol. The van der Waals surface area contributed by atoms with Crippen LogP contribution in [-0.2, 0) is 19.3 Å². The summed E-state index contributed by atoms with van der Waals surface area (Å²) in [5.74, 6) is 1.30. The minimum absolute atomic E-state index is 0.0310. The first kappa shape index (κ1) is 20.5. The van der Waals surface area contributed by atoms with Crippen LogP contribution in [0.5, 0.6) is 5.88 Å². The summed E-state index contributed by atoms with van der Waals surface area (Å²) in [6.45, 7) is 4.82. The summed E-state index contributed by atoms with van der Waals surface area (Å²) in [6.07, 6.45) is 7.29. The first-order valence-corrected chi connectivity index (χ1v) is 11.3. The Morgan fingerprint density at radius 3 is 2.56 bits per heavy atom. The fourth-order valence-corrected chi connectivity index (χ4v) is 4.57. The van der Waals surface area contributed by atoms with E-state index < -0.39 is 0 Å². The van der Waals surface area contributed by atoms with Crippen molar-refractivity contribution >= 4 is 11.7 Å². The fraction of sp³-hybridized carbons (Fsp3) is 0.417. The summed E-state index contributed by atoms with van der Waals surface area (Å²) < 4.78 is 7.16. The van der Waals surface area contributed by atoms with Crippen molar-refractivity contribution < 1.29 is 9.53 Å². The number of benzene rings is 1. The Kier molecular flexibility index (Phi) is 5.51. The van der Waals surface area contributed by atoms with Crippen molar-refractivity contribution in [1.29, 1.82) is 0 Å². The van der Waals surface area contributed by atoms with Crippen LogP contribution >= 0.6 is 0 Å². The normalized spacial score (nSPS) is 15.7. The van der Waals surface area contributed by atoms with E-state index in [9.17, 15) is 4.79 Å². The van der Waals surface area contributed by atoms with E-state index in [0.717, 1.165) is 42.8 Å². The number of nitrogens with zero attached hydrogens (tertiary/aromatic N) is 6. The molecule has 0 saturated carbocycles. The maximum Gasteiger partial charge on any atom is 0.274 e. The number of hydrogen-bond acceptors (Lipinski definition) is 6. The third-order valence-electron chi connectivity index (χ3n) is 6.42. The molecule has 166 valence electrons. The van der Waals surface area contributed by atoms with Crippen LogP contribution in [0.4, 0.5) is 5.82 Å². The number of anilines is 1. The lowest BCUT2D eigenvalue weighted by Gasteiger charge is -2.35. The van der Waals surface area contributed by atoms with Gasteiger partial charge >= 0.3 is 0 Å². The number of hydrogen-bond donors (Lipinski definition) is 0.